The van der Waals surface area contributed by atoms with Gasteiger partial charge in [-0.1, -0.05) is 38.5 Å². The number of hydrogen-bond acceptors (Lipinski definition) is 5. The third-order valence-corrected chi connectivity index (χ3v) is 6.43. The summed E-state index contributed by atoms with van der Waals surface area (Å²) < 4.78 is 1.30. The number of benzene rings is 1. The Bertz CT molecular complexity index is 672. The average molecular weight is 320 g/mol. The van der Waals surface area contributed by atoms with Crippen molar-refractivity contribution in [3.63, 3.8) is 0 Å². The van der Waals surface area contributed by atoms with Crippen LogP contribution in [-0.4, -0.2) is 26.4 Å². The summed E-state index contributed by atoms with van der Waals surface area (Å²) >= 11 is 3.54. The molecule has 1 aliphatic rings. The molecule has 0 spiro atoms. The lowest BCUT2D eigenvalue weighted by atomic mass is 9.97. The number of thioether (sulfide) groups is 1. The molecule has 2 aromatic rings. The van der Waals surface area contributed by atoms with E-state index in [2.05, 4.69) is 18.8 Å². The quantitative estimate of drug-likeness (QED) is 0.858. The van der Waals surface area contributed by atoms with Crippen LogP contribution in [0.5, 0.6) is 5.75 Å². The van der Waals surface area contributed by atoms with E-state index in [0.29, 0.717) is 5.75 Å². The molecule has 2 heterocycles. The minimum atomic E-state index is 0.277. The SMILES string of the molecule is CCCC1(CCC)CN=C(c2nc3ccc(O)cc3s2)S1. The summed E-state index contributed by atoms with van der Waals surface area (Å²) in [4.78, 5) is 9.46. The summed E-state index contributed by atoms with van der Waals surface area (Å²) in [6.45, 7) is 5.41. The molecular formula is C16H20N2OS2. The summed E-state index contributed by atoms with van der Waals surface area (Å²) in [6.07, 6.45) is 4.82. The van der Waals surface area contributed by atoms with Crippen molar-refractivity contribution >= 4 is 38.4 Å². The van der Waals surface area contributed by atoms with Crippen molar-refractivity contribution in [2.24, 2.45) is 4.99 Å². The van der Waals surface area contributed by atoms with Gasteiger partial charge in [-0.3, -0.25) is 4.99 Å². The lowest BCUT2D eigenvalue weighted by Crippen LogP contribution is -2.25. The van der Waals surface area contributed by atoms with Crippen LogP contribution in [0.2, 0.25) is 0 Å². The number of rotatable bonds is 5. The first-order valence-corrected chi connectivity index (χ1v) is 9.12. The Kier molecular flexibility index (Phi) is 4.22. The number of aromatic nitrogens is 1. The molecule has 112 valence electrons. The highest BCUT2D eigenvalue weighted by Gasteiger charge is 2.36. The summed E-state index contributed by atoms with van der Waals surface area (Å²) in [5.74, 6) is 0.296. The molecule has 0 amide bonds. The van der Waals surface area contributed by atoms with Gasteiger partial charge in [-0.2, -0.15) is 0 Å². The zero-order valence-corrected chi connectivity index (χ0v) is 14.1. The Balaban J connectivity index is 1.86. The van der Waals surface area contributed by atoms with Gasteiger partial charge in [0.05, 0.1) is 16.8 Å². The highest BCUT2D eigenvalue weighted by atomic mass is 32.2. The molecule has 1 aromatic carbocycles. The molecule has 5 heteroatoms. The molecular weight excluding hydrogens is 300 g/mol. The minimum Gasteiger partial charge on any atom is -0.508 e. The van der Waals surface area contributed by atoms with Gasteiger partial charge in [-0.15, -0.1) is 11.3 Å². The summed E-state index contributed by atoms with van der Waals surface area (Å²) in [5.41, 5.74) is 0.944. The van der Waals surface area contributed by atoms with Crippen molar-refractivity contribution in [2.75, 3.05) is 6.54 Å². The second-order valence-electron chi connectivity index (χ2n) is 5.58. The molecule has 0 unspecified atom stereocenters. The van der Waals surface area contributed by atoms with Crippen molar-refractivity contribution in [3.8, 4) is 5.75 Å². The van der Waals surface area contributed by atoms with Crippen molar-refractivity contribution in [2.45, 2.75) is 44.3 Å². The number of hydrogen-bond donors (Lipinski definition) is 1. The fourth-order valence-corrected chi connectivity index (χ4v) is 5.46. The smallest absolute Gasteiger partial charge is 0.149 e. The molecule has 0 aliphatic carbocycles. The molecule has 0 fully saturated rings. The van der Waals surface area contributed by atoms with Crippen LogP contribution in [-0.2, 0) is 0 Å². The first kappa shape index (κ1) is 14.9. The topological polar surface area (TPSA) is 45.5 Å². The molecule has 0 saturated carbocycles. The van der Waals surface area contributed by atoms with Crippen LogP contribution >= 0.6 is 23.1 Å². The third-order valence-electron chi connectivity index (χ3n) is 3.79. The van der Waals surface area contributed by atoms with E-state index in [4.69, 9.17) is 4.99 Å². The average Bonchev–Trinajstić information content (AvgIpc) is 3.03. The van der Waals surface area contributed by atoms with Gasteiger partial charge in [-0.05, 0) is 31.0 Å². The molecule has 0 saturated heterocycles. The Hall–Kier alpha value is -1.07. The van der Waals surface area contributed by atoms with Gasteiger partial charge in [0, 0.05) is 4.75 Å². The van der Waals surface area contributed by atoms with E-state index in [1.54, 1.807) is 23.5 Å². The van der Waals surface area contributed by atoms with E-state index in [-0.39, 0.29) is 4.75 Å². The van der Waals surface area contributed by atoms with Gasteiger partial charge in [0.25, 0.3) is 0 Å². The lowest BCUT2D eigenvalue weighted by Gasteiger charge is -2.26. The van der Waals surface area contributed by atoms with Crippen LogP contribution in [0.3, 0.4) is 0 Å². The lowest BCUT2D eigenvalue weighted by molar-refractivity contribution is 0.476. The molecule has 3 rings (SSSR count). The van der Waals surface area contributed by atoms with Crippen LogP contribution in [0, 0.1) is 0 Å². The zero-order chi connectivity index (χ0) is 14.9. The van der Waals surface area contributed by atoms with Crippen molar-refractivity contribution in [1.29, 1.82) is 0 Å². The summed E-state index contributed by atoms with van der Waals surface area (Å²) in [5, 5.41) is 11.6. The van der Waals surface area contributed by atoms with Gasteiger partial charge in [-0.25, -0.2) is 4.98 Å². The monoisotopic (exact) mass is 320 g/mol. The number of aromatic hydroxyl groups is 1. The number of nitrogens with zero attached hydrogens (tertiary/aromatic N) is 2. The Morgan fingerprint density at radius 2 is 2.00 bits per heavy atom. The molecule has 0 bridgehead atoms. The maximum absolute atomic E-state index is 9.57. The second-order valence-corrected chi connectivity index (χ2v) is 8.06. The molecule has 3 nitrogen and oxygen atoms in total. The number of fused-ring (bicyclic) bond motifs is 1. The van der Waals surface area contributed by atoms with E-state index in [1.807, 2.05) is 17.8 Å². The maximum atomic E-state index is 9.57. The maximum Gasteiger partial charge on any atom is 0.149 e. The van der Waals surface area contributed by atoms with Crippen molar-refractivity contribution in [1.82, 2.24) is 4.98 Å². The Morgan fingerprint density at radius 1 is 1.24 bits per heavy atom. The Morgan fingerprint density at radius 3 is 2.71 bits per heavy atom. The predicted molar refractivity (Wildman–Crippen MR) is 92.8 cm³/mol. The molecule has 21 heavy (non-hydrogen) atoms. The molecule has 1 aromatic heterocycles. The standard InChI is InChI=1S/C16H20N2OS2/c1-3-7-16(8-4-2)10-17-14(21-16)15-18-12-6-5-11(19)9-13(12)20-15/h5-6,9,19H,3-4,7-8,10H2,1-2H3. The fraction of sp³-hybridized carbons (Fsp3) is 0.500. The van der Waals surface area contributed by atoms with E-state index >= 15 is 0 Å². The number of thiazole rings is 1. The number of phenols is 1. The van der Waals surface area contributed by atoms with Gasteiger partial charge in [0.15, 0.2) is 0 Å². The van der Waals surface area contributed by atoms with Crippen LogP contribution in [0.25, 0.3) is 10.2 Å². The molecule has 1 aliphatic heterocycles. The molecule has 0 radical (unpaired) electrons. The van der Waals surface area contributed by atoms with Crippen molar-refractivity contribution < 1.29 is 5.11 Å². The number of phenolic OH excluding ortho intramolecular Hbond substituents is 1. The molecule has 0 atom stereocenters. The Labute approximate surface area is 133 Å². The van der Waals surface area contributed by atoms with Gasteiger partial charge in [0.1, 0.15) is 15.8 Å². The normalized spacial score (nSPS) is 17.3. The van der Waals surface area contributed by atoms with E-state index in [0.717, 1.165) is 26.8 Å². The second kappa shape index (κ2) is 5.97. The van der Waals surface area contributed by atoms with Crippen LogP contribution in [0.4, 0.5) is 0 Å². The summed E-state index contributed by atoms with van der Waals surface area (Å²) in [6, 6.07) is 5.34. The summed E-state index contributed by atoms with van der Waals surface area (Å²) in [7, 11) is 0. The first-order valence-electron chi connectivity index (χ1n) is 7.49. The van der Waals surface area contributed by atoms with Crippen molar-refractivity contribution in [3.05, 3.63) is 23.2 Å². The predicted octanol–water partition coefficient (Wildman–Crippen LogP) is 4.83. The first-order chi connectivity index (χ1) is 10.2. The number of aliphatic imine (C=N–C) groups is 1. The van der Waals surface area contributed by atoms with Gasteiger partial charge in [0.2, 0.25) is 0 Å². The van der Waals surface area contributed by atoms with E-state index in [1.165, 1.54) is 25.7 Å². The minimum absolute atomic E-state index is 0.277. The van der Waals surface area contributed by atoms with Crippen LogP contribution in [0.15, 0.2) is 23.2 Å². The highest BCUT2D eigenvalue weighted by molar-refractivity contribution is 8.16. The fourth-order valence-electron chi connectivity index (χ4n) is 2.90. The zero-order valence-electron chi connectivity index (χ0n) is 12.4. The molecule has 1 N–H and O–H groups in total. The van der Waals surface area contributed by atoms with Crippen LogP contribution < -0.4 is 0 Å². The third kappa shape index (κ3) is 2.94. The van der Waals surface area contributed by atoms with Gasteiger partial charge < -0.3 is 5.11 Å². The van der Waals surface area contributed by atoms with E-state index in [9.17, 15) is 5.11 Å². The largest absolute Gasteiger partial charge is 0.508 e. The van der Waals surface area contributed by atoms with Gasteiger partial charge >= 0.3 is 0 Å². The highest BCUT2D eigenvalue weighted by Crippen LogP contribution is 2.43. The van der Waals surface area contributed by atoms with Crippen LogP contribution in [0.1, 0.15) is 44.5 Å². The van der Waals surface area contributed by atoms with E-state index < -0.39 is 0 Å².